The van der Waals surface area contributed by atoms with Gasteiger partial charge in [0.15, 0.2) is 18.9 Å². The molecule has 16 unspecified atom stereocenters. The molecule has 514 valence electrons. The minimum atomic E-state index is -4.10. The van der Waals surface area contributed by atoms with Crippen LogP contribution in [0.15, 0.2) is 0 Å². The van der Waals surface area contributed by atoms with Gasteiger partial charge in [0.05, 0.1) is 104 Å². The van der Waals surface area contributed by atoms with Gasteiger partial charge in [-0.25, -0.2) is 4.57 Å². The van der Waals surface area contributed by atoms with E-state index in [1.54, 1.807) is 20.8 Å². The Morgan fingerprint density at radius 2 is 0.807 bits per heavy atom. The molecular weight excluding hydrogens is 1190 g/mol. The third kappa shape index (κ3) is 29.6. The molecule has 5 amide bonds. The SMILES string of the molecule is COP(=O)(O)OCCCCCCNC(=O)[C@H](CCCCNC(=O)CCOCCOC1OC(CO)C(O)C(O)C1C)NC(=O)[C@H](CCCCNC(=O)CCOCCOC1OC(CO)C(O)C(O)C1C)NC(=O)CCOCCOC1OC(CO)C(O)C(O)C1C. The Morgan fingerprint density at radius 1 is 0.443 bits per heavy atom. The van der Waals surface area contributed by atoms with E-state index in [2.05, 4.69) is 31.1 Å². The van der Waals surface area contributed by atoms with Crippen LogP contribution in [0.1, 0.15) is 104 Å². The number of aliphatic hydroxyl groups excluding tert-OH is 9. The molecule has 3 saturated heterocycles. The van der Waals surface area contributed by atoms with Crippen LogP contribution >= 0.6 is 7.82 Å². The molecule has 0 bridgehead atoms. The number of phosphoric acid groups is 1. The van der Waals surface area contributed by atoms with Gasteiger partial charge < -0.3 is 120 Å². The number of nitrogens with one attached hydrogen (secondary N) is 5. The molecule has 3 fully saturated rings. The van der Waals surface area contributed by atoms with Gasteiger partial charge in [0, 0.05) is 63.8 Å². The number of hydrogen-bond donors (Lipinski definition) is 15. The van der Waals surface area contributed by atoms with Crippen LogP contribution in [0.2, 0.25) is 0 Å². The summed E-state index contributed by atoms with van der Waals surface area (Å²) in [5.74, 6) is -4.09. The van der Waals surface area contributed by atoms with Crippen LogP contribution in [0.5, 0.6) is 0 Å². The number of rotatable bonds is 47. The highest BCUT2D eigenvalue weighted by atomic mass is 31.2. The van der Waals surface area contributed by atoms with Crippen molar-refractivity contribution in [3.8, 4) is 0 Å². The van der Waals surface area contributed by atoms with Gasteiger partial charge in [-0.3, -0.25) is 33.0 Å². The number of hydrogen-bond acceptors (Lipinski definition) is 26. The van der Waals surface area contributed by atoms with Gasteiger partial charge in [-0.1, -0.05) is 33.6 Å². The average Bonchev–Trinajstić information content (AvgIpc) is 2.86. The molecule has 15 N–H and O–H groups in total. The standard InChI is InChI=1S/C55H102N5O27P/c1-34-45(67)48(70)39(31-61)85-53(34)81-28-25-78-22-15-42(64)56-18-10-7-13-37(51(73)58-20-9-5-6-12-21-84-88(75,76)77-4)60-52(74)38(59-44(66)17-24-80-27-30-83-55-36(3)47(69)50(72)41(33-63)87-55)14-8-11-19-57-43(65)16-23-79-26-29-82-54-35(2)46(68)49(71)40(32-62)86-54/h34-41,45-50,53-55,61-63,67-72H,5-33H2,1-4H3,(H,56,64)(H,57,65)(H,58,73)(H,59,66)(H,60,74)(H,75,76)/t34?,35?,36?,37-,38-,39?,40?,41?,45?,46?,47?,48?,49?,50?,53?,54?,55?/m0/s1. The van der Waals surface area contributed by atoms with Crippen LogP contribution in [0, 0.1) is 17.8 Å². The lowest BCUT2D eigenvalue weighted by Crippen LogP contribution is -2.55. The van der Waals surface area contributed by atoms with Gasteiger partial charge in [0.25, 0.3) is 0 Å². The van der Waals surface area contributed by atoms with Gasteiger partial charge in [-0.15, -0.1) is 0 Å². The molecule has 0 saturated carbocycles. The first-order valence-corrected chi connectivity index (χ1v) is 32.0. The highest BCUT2D eigenvalue weighted by Gasteiger charge is 2.45. The van der Waals surface area contributed by atoms with Crippen molar-refractivity contribution in [2.75, 3.05) is 113 Å². The van der Waals surface area contributed by atoms with E-state index >= 15 is 0 Å². The van der Waals surface area contributed by atoms with Crippen molar-refractivity contribution in [1.82, 2.24) is 26.6 Å². The Bertz CT molecular complexity index is 2010. The Kier molecular flexibility index (Phi) is 39.8. The summed E-state index contributed by atoms with van der Waals surface area (Å²) in [6, 6.07) is -2.21. The van der Waals surface area contributed by atoms with E-state index in [9.17, 15) is 79.4 Å². The number of ether oxygens (including phenoxy) is 9. The molecule has 0 radical (unpaired) electrons. The van der Waals surface area contributed by atoms with Crippen LogP contribution in [0.25, 0.3) is 0 Å². The van der Waals surface area contributed by atoms with E-state index in [0.29, 0.717) is 51.4 Å². The Morgan fingerprint density at radius 3 is 1.20 bits per heavy atom. The number of carbonyl (C=O) groups excluding carboxylic acids is 5. The molecule has 0 spiro atoms. The second-order valence-electron chi connectivity index (χ2n) is 22.0. The number of unbranched alkanes of at least 4 members (excludes halogenated alkanes) is 5. The molecule has 3 rings (SSSR count). The summed E-state index contributed by atoms with van der Waals surface area (Å²) in [5.41, 5.74) is 0. The maximum atomic E-state index is 14.1. The summed E-state index contributed by atoms with van der Waals surface area (Å²) in [7, 11) is -3.04. The third-order valence-corrected chi connectivity index (χ3v) is 16.1. The average molecular weight is 1300 g/mol. The lowest BCUT2D eigenvalue weighted by atomic mass is 9.92. The summed E-state index contributed by atoms with van der Waals surface area (Å²) in [6.07, 6.45) is -9.23. The zero-order chi connectivity index (χ0) is 65.0. The van der Waals surface area contributed by atoms with Crippen LogP contribution in [0.3, 0.4) is 0 Å². The Balaban J connectivity index is 1.54. The minimum Gasteiger partial charge on any atom is -0.394 e. The quantitative estimate of drug-likeness (QED) is 0.0207. The molecule has 33 heteroatoms. The zero-order valence-electron chi connectivity index (χ0n) is 51.2. The van der Waals surface area contributed by atoms with Crippen LogP contribution in [-0.2, 0) is 80.2 Å². The predicted octanol–water partition coefficient (Wildman–Crippen LogP) is -3.54. The van der Waals surface area contributed by atoms with E-state index in [1.165, 1.54) is 0 Å². The van der Waals surface area contributed by atoms with Crippen molar-refractivity contribution in [2.24, 2.45) is 17.8 Å². The second kappa shape index (κ2) is 44.3. The largest absolute Gasteiger partial charge is 0.471 e. The maximum absolute atomic E-state index is 14.1. The fourth-order valence-electron chi connectivity index (χ4n) is 9.51. The summed E-state index contributed by atoms with van der Waals surface area (Å²) in [4.78, 5) is 76.0. The summed E-state index contributed by atoms with van der Waals surface area (Å²) >= 11 is 0. The third-order valence-electron chi connectivity index (χ3n) is 15.1. The fraction of sp³-hybridized carbons (Fsp3) is 0.909. The first-order chi connectivity index (χ1) is 42.1. The van der Waals surface area contributed by atoms with E-state index in [-0.39, 0.29) is 130 Å². The highest BCUT2D eigenvalue weighted by molar-refractivity contribution is 7.47. The lowest BCUT2D eigenvalue weighted by molar-refractivity contribution is -0.284. The van der Waals surface area contributed by atoms with Gasteiger partial charge >= 0.3 is 7.82 Å². The zero-order valence-corrected chi connectivity index (χ0v) is 52.1. The van der Waals surface area contributed by atoms with E-state index in [0.717, 1.165) is 7.11 Å². The molecule has 3 aliphatic rings. The summed E-state index contributed by atoms with van der Waals surface area (Å²) in [6.45, 7) is 4.34. The van der Waals surface area contributed by atoms with Crippen molar-refractivity contribution in [1.29, 1.82) is 0 Å². The molecule has 88 heavy (non-hydrogen) atoms. The van der Waals surface area contributed by atoms with Crippen molar-refractivity contribution in [3.05, 3.63) is 0 Å². The molecule has 18 atom stereocenters. The smallest absolute Gasteiger partial charge is 0.394 e. The normalized spacial score (nSPS) is 28.7. The first-order valence-electron chi connectivity index (χ1n) is 30.5. The molecule has 32 nitrogen and oxygen atoms in total. The molecular formula is C55H102N5O27P. The molecule has 0 aliphatic carbocycles. The fourth-order valence-corrected chi connectivity index (χ4v) is 9.97. The molecule has 3 heterocycles. The van der Waals surface area contributed by atoms with Crippen LogP contribution < -0.4 is 26.6 Å². The van der Waals surface area contributed by atoms with E-state index < -0.39 is 149 Å². The predicted molar refractivity (Wildman–Crippen MR) is 307 cm³/mol. The summed E-state index contributed by atoms with van der Waals surface area (Å²) in [5, 5.41) is 103. The van der Waals surface area contributed by atoms with Crippen molar-refractivity contribution >= 4 is 37.4 Å². The molecule has 3 aliphatic heterocycles. The number of aliphatic hydroxyl groups is 9. The molecule has 0 aromatic carbocycles. The minimum absolute atomic E-state index is 0.00467. The van der Waals surface area contributed by atoms with Crippen LogP contribution in [0.4, 0.5) is 0 Å². The van der Waals surface area contributed by atoms with Gasteiger partial charge in [-0.2, -0.15) is 0 Å². The Labute approximate surface area is 514 Å². The van der Waals surface area contributed by atoms with Crippen molar-refractivity contribution in [3.63, 3.8) is 0 Å². The van der Waals surface area contributed by atoms with Crippen molar-refractivity contribution in [2.45, 2.75) is 190 Å². The summed E-state index contributed by atoms with van der Waals surface area (Å²) < 4.78 is 71.0. The Hall–Kier alpha value is -3.26. The van der Waals surface area contributed by atoms with E-state index in [1.807, 2.05) is 0 Å². The second-order valence-corrected chi connectivity index (χ2v) is 23.5. The topological polar surface area (TPSA) is 466 Å². The monoisotopic (exact) mass is 1300 g/mol. The number of carbonyl (C=O) groups is 5. The van der Waals surface area contributed by atoms with Crippen molar-refractivity contribution < 1.29 is 131 Å². The number of amides is 5. The molecule has 0 aromatic rings. The van der Waals surface area contributed by atoms with Gasteiger partial charge in [-0.05, 0) is 51.4 Å². The first kappa shape index (κ1) is 79.0. The number of phosphoric ester groups is 1. The van der Waals surface area contributed by atoms with Gasteiger partial charge in [0.1, 0.15) is 48.7 Å². The van der Waals surface area contributed by atoms with E-state index in [4.69, 9.17) is 47.2 Å². The van der Waals surface area contributed by atoms with Gasteiger partial charge in [0.2, 0.25) is 29.5 Å². The maximum Gasteiger partial charge on any atom is 0.471 e. The molecule has 0 aromatic heterocycles. The van der Waals surface area contributed by atoms with Crippen LogP contribution in [-0.4, -0.2) is 279 Å². The highest BCUT2D eigenvalue weighted by Crippen LogP contribution is 2.42. The lowest BCUT2D eigenvalue weighted by Gasteiger charge is -2.40.